The van der Waals surface area contributed by atoms with Gasteiger partial charge in [0.05, 0.1) is 18.4 Å². The van der Waals surface area contributed by atoms with Crippen LogP contribution in [0.25, 0.3) is 0 Å². The SMILES string of the molecule is CNC(=O)c1cc(OC)ccc1NC(=O)c1ccc(Oc2ccc(C)cn2)cc1. The highest BCUT2D eigenvalue weighted by Crippen LogP contribution is 2.24. The molecule has 0 bridgehead atoms. The molecular weight excluding hydrogens is 370 g/mol. The summed E-state index contributed by atoms with van der Waals surface area (Å²) >= 11 is 0. The zero-order chi connectivity index (χ0) is 20.8. The van der Waals surface area contributed by atoms with Crippen molar-refractivity contribution in [1.29, 1.82) is 0 Å². The molecule has 7 nitrogen and oxygen atoms in total. The van der Waals surface area contributed by atoms with E-state index in [2.05, 4.69) is 15.6 Å². The molecule has 0 aliphatic rings. The Morgan fingerprint density at radius 3 is 2.28 bits per heavy atom. The van der Waals surface area contributed by atoms with Crippen LogP contribution in [0, 0.1) is 6.92 Å². The van der Waals surface area contributed by atoms with Crippen molar-refractivity contribution < 1.29 is 19.1 Å². The number of pyridine rings is 1. The number of nitrogens with zero attached hydrogens (tertiary/aromatic N) is 1. The van der Waals surface area contributed by atoms with Gasteiger partial charge in [0.15, 0.2) is 0 Å². The van der Waals surface area contributed by atoms with E-state index in [1.165, 1.54) is 14.2 Å². The molecule has 2 aromatic carbocycles. The Hall–Kier alpha value is -3.87. The van der Waals surface area contributed by atoms with Gasteiger partial charge < -0.3 is 20.1 Å². The fourth-order valence-corrected chi connectivity index (χ4v) is 2.59. The van der Waals surface area contributed by atoms with Gasteiger partial charge in [0.1, 0.15) is 11.5 Å². The van der Waals surface area contributed by atoms with Crippen molar-refractivity contribution in [1.82, 2.24) is 10.3 Å². The van der Waals surface area contributed by atoms with E-state index >= 15 is 0 Å². The van der Waals surface area contributed by atoms with Crippen LogP contribution in [-0.2, 0) is 0 Å². The maximum Gasteiger partial charge on any atom is 0.255 e. The third-order valence-corrected chi connectivity index (χ3v) is 4.17. The molecule has 2 N–H and O–H groups in total. The molecule has 2 amide bonds. The summed E-state index contributed by atoms with van der Waals surface area (Å²) in [6.45, 7) is 1.95. The summed E-state index contributed by atoms with van der Waals surface area (Å²) in [5.74, 6) is 0.886. The van der Waals surface area contributed by atoms with Gasteiger partial charge in [0, 0.05) is 24.9 Å². The maximum atomic E-state index is 12.6. The number of aryl methyl sites for hydroxylation is 1. The van der Waals surface area contributed by atoms with Crippen LogP contribution in [0.4, 0.5) is 5.69 Å². The molecule has 148 valence electrons. The Bertz CT molecular complexity index is 1020. The molecular formula is C22H21N3O4. The third-order valence-electron chi connectivity index (χ3n) is 4.17. The molecule has 0 atom stereocenters. The average molecular weight is 391 g/mol. The average Bonchev–Trinajstić information content (AvgIpc) is 2.75. The molecule has 0 saturated carbocycles. The van der Waals surface area contributed by atoms with Crippen LogP contribution in [0.3, 0.4) is 0 Å². The number of ether oxygens (including phenoxy) is 2. The van der Waals surface area contributed by atoms with Crippen molar-refractivity contribution in [3.63, 3.8) is 0 Å². The first kappa shape index (κ1) is 19.9. The number of methoxy groups -OCH3 is 1. The molecule has 3 aromatic rings. The molecule has 29 heavy (non-hydrogen) atoms. The summed E-state index contributed by atoms with van der Waals surface area (Å²) in [7, 11) is 3.03. The number of anilines is 1. The standard InChI is InChI=1S/C22H21N3O4/c1-14-4-11-20(24-13-14)29-16-7-5-15(6-8-16)21(26)25-19-10-9-17(28-3)12-18(19)22(27)23-2/h4-13H,1-3H3,(H,23,27)(H,25,26). The van der Waals surface area contributed by atoms with Crippen LogP contribution in [-0.4, -0.2) is 31.0 Å². The number of carbonyl (C=O) groups is 2. The summed E-state index contributed by atoms with van der Waals surface area (Å²) in [5.41, 5.74) is 2.16. The summed E-state index contributed by atoms with van der Waals surface area (Å²) in [6.07, 6.45) is 1.72. The molecule has 0 aliphatic carbocycles. The minimum atomic E-state index is -0.347. The molecule has 1 aromatic heterocycles. The summed E-state index contributed by atoms with van der Waals surface area (Å²) < 4.78 is 10.8. The lowest BCUT2D eigenvalue weighted by atomic mass is 10.1. The Morgan fingerprint density at radius 2 is 1.66 bits per heavy atom. The van der Waals surface area contributed by atoms with E-state index in [1.807, 2.05) is 13.0 Å². The van der Waals surface area contributed by atoms with E-state index in [1.54, 1.807) is 54.7 Å². The molecule has 0 unspecified atom stereocenters. The van der Waals surface area contributed by atoms with E-state index in [0.717, 1.165) is 5.56 Å². The van der Waals surface area contributed by atoms with E-state index in [0.29, 0.717) is 34.2 Å². The fourth-order valence-electron chi connectivity index (χ4n) is 2.59. The number of amides is 2. The van der Waals surface area contributed by atoms with Gasteiger partial charge in [-0.25, -0.2) is 4.98 Å². The normalized spacial score (nSPS) is 10.2. The smallest absolute Gasteiger partial charge is 0.255 e. The largest absolute Gasteiger partial charge is 0.497 e. The van der Waals surface area contributed by atoms with E-state index in [9.17, 15) is 9.59 Å². The quantitative estimate of drug-likeness (QED) is 0.667. The lowest BCUT2D eigenvalue weighted by Crippen LogP contribution is -2.21. The summed E-state index contributed by atoms with van der Waals surface area (Å²) in [4.78, 5) is 28.9. The fraction of sp³-hybridized carbons (Fsp3) is 0.136. The van der Waals surface area contributed by atoms with Crippen molar-refractivity contribution in [2.24, 2.45) is 0 Å². The third kappa shape index (κ3) is 4.90. The number of rotatable bonds is 6. The first-order valence-corrected chi connectivity index (χ1v) is 8.92. The molecule has 1 heterocycles. The van der Waals surface area contributed by atoms with Gasteiger partial charge in [-0.3, -0.25) is 9.59 Å². The van der Waals surface area contributed by atoms with Gasteiger partial charge >= 0.3 is 0 Å². The molecule has 0 aliphatic heterocycles. The van der Waals surface area contributed by atoms with E-state index < -0.39 is 0 Å². The molecule has 0 radical (unpaired) electrons. The second-order valence-electron chi connectivity index (χ2n) is 6.24. The minimum Gasteiger partial charge on any atom is -0.497 e. The molecule has 0 fully saturated rings. The second kappa shape index (κ2) is 8.88. The Morgan fingerprint density at radius 1 is 0.931 bits per heavy atom. The Balaban J connectivity index is 1.74. The number of aromatic nitrogens is 1. The molecule has 7 heteroatoms. The highest BCUT2D eigenvalue weighted by atomic mass is 16.5. The number of hydrogen-bond donors (Lipinski definition) is 2. The molecule has 0 saturated heterocycles. The van der Waals surface area contributed by atoms with Crippen LogP contribution in [0.2, 0.25) is 0 Å². The number of carbonyl (C=O) groups excluding carboxylic acids is 2. The van der Waals surface area contributed by atoms with Crippen molar-refractivity contribution in [3.05, 3.63) is 77.5 Å². The summed E-state index contributed by atoms with van der Waals surface area (Å²) in [5, 5.41) is 5.31. The van der Waals surface area contributed by atoms with Crippen molar-refractivity contribution in [3.8, 4) is 17.4 Å². The number of benzene rings is 2. The van der Waals surface area contributed by atoms with Crippen molar-refractivity contribution in [2.75, 3.05) is 19.5 Å². The Labute approximate surface area is 168 Å². The predicted molar refractivity (Wildman–Crippen MR) is 110 cm³/mol. The van der Waals surface area contributed by atoms with Gasteiger partial charge in [-0.1, -0.05) is 6.07 Å². The lowest BCUT2D eigenvalue weighted by molar-refractivity contribution is 0.0963. The van der Waals surface area contributed by atoms with Gasteiger partial charge in [-0.15, -0.1) is 0 Å². The van der Waals surface area contributed by atoms with Crippen LogP contribution in [0.1, 0.15) is 26.3 Å². The highest BCUT2D eigenvalue weighted by molar-refractivity contribution is 6.09. The molecule has 3 rings (SSSR count). The molecule has 0 spiro atoms. The van der Waals surface area contributed by atoms with Gasteiger partial charge in [0.2, 0.25) is 5.88 Å². The monoisotopic (exact) mass is 391 g/mol. The van der Waals surface area contributed by atoms with Crippen LogP contribution in [0.5, 0.6) is 17.4 Å². The van der Waals surface area contributed by atoms with Gasteiger partial charge in [0.25, 0.3) is 11.8 Å². The summed E-state index contributed by atoms with van der Waals surface area (Å²) in [6, 6.07) is 15.2. The van der Waals surface area contributed by atoms with Crippen molar-refractivity contribution in [2.45, 2.75) is 6.92 Å². The minimum absolute atomic E-state index is 0.311. The van der Waals surface area contributed by atoms with Gasteiger partial charge in [-0.05, 0) is 55.0 Å². The first-order chi connectivity index (χ1) is 14.0. The van der Waals surface area contributed by atoms with E-state index in [4.69, 9.17) is 9.47 Å². The van der Waals surface area contributed by atoms with Crippen molar-refractivity contribution >= 4 is 17.5 Å². The van der Waals surface area contributed by atoms with Crippen LogP contribution in [0.15, 0.2) is 60.8 Å². The van der Waals surface area contributed by atoms with E-state index in [-0.39, 0.29) is 11.8 Å². The Kier molecular flexibility index (Phi) is 6.09. The first-order valence-electron chi connectivity index (χ1n) is 8.92. The lowest BCUT2D eigenvalue weighted by Gasteiger charge is -2.12. The predicted octanol–water partition coefficient (Wildman–Crippen LogP) is 3.80. The van der Waals surface area contributed by atoms with Gasteiger partial charge in [-0.2, -0.15) is 0 Å². The maximum absolute atomic E-state index is 12.6. The zero-order valence-corrected chi connectivity index (χ0v) is 16.4. The second-order valence-corrected chi connectivity index (χ2v) is 6.24. The van der Waals surface area contributed by atoms with Crippen LogP contribution >= 0.6 is 0 Å². The topological polar surface area (TPSA) is 89.6 Å². The highest BCUT2D eigenvalue weighted by Gasteiger charge is 2.15. The zero-order valence-electron chi connectivity index (χ0n) is 16.4. The van der Waals surface area contributed by atoms with Crippen LogP contribution < -0.4 is 20.1 Å². The number of hydrogen-bond acceptors (Lipinski definition) is 5. The number of nitrogens with one attached hydrogen (secondary N) is 2.